The van der Waals surface area contributed by atoms with Gasteiger partial charge in [-0.3, -0.25) is 0 Å². The molecule has 34 heavy (non-hydrogen) atoms. The third kappa shape index (κ3) is 7.11. The Morgan fingerprint density at radius 1 is 1.06 bits per heavy atom. The molecule has 0 aliphatic carbocycles. The fraction of sp³-hybridized carbons (Fsp3) is 0.208. The number of rotatable bonds is 9. The molecule has 0 heterocycles. The van der Waals surface area contributed by atoms with Gasteiger partial charge in [0.25, 0.3) is 0 Å². The third-order valence-corrected chi connectivity index (χ3v) is 7.15. The van der Waals surface area contributed by atoms with Gasteiger partial charge in [-0.05, 0) is 66.9 Å². The first-order valence-corrected chi connectivity index (χ1v) is 12.0. The van der Waals surface area contributed by atoms with Crippen LogP contribution in [0.1, 0.15) is 34.5 Å². The molecule has 0 aliphatic heterocycles. The summed E-state index contributed by atoms with van der Waals surface area (Å²) in [6, 6.07) is 15.9. The van der Waals surface area contributed by atoms with Gasteiger partial charge >= 0.3 is 35.5 Å². The summed E-state index contributed by atoms with van der Waals surface area (Å²) >= 11 is 5.95. The van der Waals surface area contributed by atoms with Crippen LogP contribution in [0.3, 0.4) is 0 Å². The zero-order valence-corrected chi connectivity index (χ0v) is 19.3. The second-order valence-corrected chi connectivity index (χ2v) is 10.1. The zero-order valence-electron chi connectivity index (χ0n) is 17.7. The average Bonchev–Trinajstić information content (AvgIpc) is 2.77. The van der Waals surface area contributed by atoms with Crippen molar-refractivity contribution >= 4 is 57.0 Å². The summed E-state index contributed by atoms with van der Waals surface area (Å²) in [7, 11) is -4.00. The monoisotopic (exact) mass is 515 g/mol. The van der Waals surface area contributed by atoms with Gasteiger partial charge in [-0.1, -0.05) is 35.9 Å². The molecule has 3 aromatic carbocycles. The molecule has 0 unspecified atom stereocenters. The number of carboxylic acids is 1. The normalized spacial score (nSPS) is 13.1. The predicted octanol–water partition coefficient (Wildman–Crippen LogP) is 3.62. The zero-order chi connectivity index (χ0) is 24.2. The number of hydrogen-bond acceptors (Lipinski definition) is 5. The van der Waals surface area contributed by atoms with Crippen LogP contribution < -0.4 is 5.32 Å². The molecule has 176 valence electrons. The SMILES string of the molecule is C[C@H](Cc1ccc(S(=O)(=O)c2ccc(C(=O)O)c(F)c2)cc1)NC[C@@H](O)c1cccc(Cl)c1.[NaH]. The predicted molar refractivity (Wildman–Crippen MR) is 130 cm³/mol. The summed E-state index contributed by atoms with van der Waals surface area (Å²) in [5.74, 6) is -2.58. The Morgan fingerprint density at radius 3 is 2.29 bits per heavy atom. The molecule has 0 spiro atoms. The van der Waals surface area contributed by atoms with Gasteiger partial charge in [0, 0.05) is 17.6 Å². The second-order valence-electron chi connectivity index (χ2n) is 7.68. The van der Waals surface area contributed by atoms with Crippen molar-refractivity contribution in [3.05, 3.63) is 94.3 Å². The molecule has 0 fully saturated rings. The molecule has 6 nitrogen and oxygen atoms in total. The van der Waals surface area contributed by atoms with Crippen LogP contribution in [-0.2, 0) is 16.3 Å². The molecule has 10 heteroatoms. The summed E-state index contributed by atoms with van der Waals surface area (Å²) < 4.78 is 39.5. The average molecular weight is 516 g/mol. The van der Waals surface area contributed by atoms with Crippen LogP contribution >= 0.6 is 11.6 Å². The Balaban J connectivity index is 0.00000408. The van der Waals surface area contributed by atoms with Crippen molar-refractivity contribution in [1.29, 1.82) is 0 Å². The maximum atomic E-state index is 13.9. The van der Waals surface area contributed by atoms with Crippen LogP contribution in [0.25, 0.3) is 0 Å². The van der Waals surface area contributed by atoms with Crippen molar-refractivity contribution < 1.29 is 27.8 Å². The van der Waals surface area contributed by atoms with Crippen molar-refractivity contribution in [1.82, 2.24) is 5.32 Å². The van der Waals surface area contributed by atoms with E-state index < -0.39 is 33.3 Å². The standard InChI is InChI=1S/C24H23ClFNO5S.Na.H/c1-15(27-14-23(28)17-3-2-4-18(25)12-17)11-16-5-7-19(8-6-16)33(31,32)20-9-10-21(24(29)30)22(26)13-20;;/h2-10,12-13,15,23,27-28H,11,14H2,1H3,(H,29,30);;/t15-,23-;;/m1../s1. The van der Waals surface area contributed by atoms with Gasteiger partial charge in [-0.25, -0.2) is 17.6 Å². The van der Waals surface area contributed by atoms with Crippen molar-refractivity contribution in [2.45, 2.75) is 35.3 Å². The Morgan fingerprint density at radius 2 is 1.71 bits per heavy atom. The van der Waals surface area contributed by atoms with Gasteiger partial charge in [0.05, 0.1) is 21.5 Å². The van der Waals surface area contributed by atoms with E-state index in [-0.39, 0.29) is 45.4 Å². The topological polar surface area (TPSA) is 104 Å². The van der Waals surface area contributed by atoms with E-state index in [2.05, 4.69) is 5.32 Å². The number of aromatic carboxylic acids is 1. The minimum atomic E-state index is -4.00. The van der Waals surface area contributed by atoms with Gasteiger partial charge in [-0.15, -0.1) is 0 Å². The third-order valence-electron chi connectivity index (χ3n) is 5.15. The number of aliphatic hydroxyl groups excluding tert-OH is 1. The van der Waals surface area contributed by atoms with Crippen molar-refractivity contribution in [3.8, 4) is 0 Å². The number of nitrogens with one attached hydrogen (secondary N) is 1. The summed E-state index contributed by atoms with van der Waals surface area (Å²) in [6.07, 6.45) is -0.128. The van der Waals surface area contributed by atoms with E-state index in [4.69, 9.17) is 16.7 Å². The quantitative estimate of drug-likeness (QED) is 0.376. The van der Waals surface area contributed by atoms with E-state index in [1.54, 1.807) is 36.4 Å². The Kier molecular flexibility index (Phi) is 10.3. The fourth-order valence-corrected chi connectivity index (χ4v) is 4.82. The van der Waals surface area contributed by atoms with E-state index in [0.717, 1.165) is 17.7 Å². The molecule has 0 radical (unpaired) electrons. The molecule has 0 aliphatic rings. The molecule has 0 saturated carbocycles. The molecule has 0 aromatic heterocycles. The molecule has 0 amide bonds. The number of carbonyl (C=O) groups is 1. The molecule has 2 atom stereocenters. The Bertz CT molecular complexity index is 1250. The molecule has 3 rings (SSSR count). The fourth-order valence-electron chi connectivity index (χ4n) is 3.35. The summed E-state index contributed by atoms with van der Waals surface area (Å²) in [4.78, 5) is 10.6. The van der Waals surface area contributed by atoms with Crippen LogP contribution in [0, 0.1) is 5.82 Å². The summed E-state index contributed by atoms with van der Waals surface area (Å²) in [5, 5.41) is 23.0. The minimum absolute atomic E-state index is 0. The van der Waals surface area contributed by atoms with Crippen molar-refractivity contribution in [2.24, 2.45) is 0 Å². The molecule has 3 aromatic rings. The van der Waals surface area contributed by atoms with E-state index in [1.165, 1.54) is 12.1 Å². The number of halogens is 2. The molecular weight excluding hydrogens is 492 g/mol. The number of hydrogen-bond donors (Lipinski definition) is 3. The molecular formula is C24H24ClFNNaO5S. The number of carboxylic acid groups (broad SMARTS) is 1. The molecule has 3 N–H and O–H groups in total. The van der Waals surface area contributed by atoms with Gasteiger partial charge in [0.15, 0.2) is 0 Å². The first kappa shape index (κ1) is 28.5. The summed E-state index contributed by atoms with van der Waals surface area (Å²) in [5.41, 5.74) is 0.995. The van der Waals surface area contributed by atoms with Gasteiger partial charge < -0.3 is 15.5 Å². The summed E-state index contributed by atoms with van der Waals surface area (Å²) in [6.45, 7) is 2.27. The second kappa shape index (κ2) is 12.3. The first-order chi connectivity index (χ1) is 15.6. The first-order valence-electron chi connectivity index (χ1n) is 10.1. The van der Waals surface area contributed by atoms with Gasteiger partial charge in [0.1, 0.15) is 5.82 Å². The van der Waals surface area contributed by atoms with Crippen LogP contribution in [0.4, 0.5) is 4.39 Å². The Hall–Kier alpha value is -1.78. The van der Waals surface area contributed by atoms with E-state index in [9.17, 15) is 22.7 Å². The number of sulfone groups is 1. The van der Waals surface area contributed by atoms with Crippen LogP contribution in [0.2, 0.25) is 5.02 Å². The number of benzene rings is 3. The van der Waals surface area contributed by atoms with E-state index in [1.807, 2.05) is 6.92 Å². The van der Waals surface area contributed by atoms with Crippen molar-refractivity contribution in [3.63, 3.8) is 0 Å². The maximum absolute atomic E-state index is 13.9. The van der Waals surface area contributed by atoms with Gasteiger partial charge in [0.2, 0.25) is 9.84 Å². The Labute approximate surface area is 225 Å². The van der Waals surface area contributed by atoms with Gasteiger partial charge in [-0.2, -0.15) is 0 Å². The van der Waals surface area contributed by atoms with Crippen LogP contribution in [0.15, 0.2) is 76.5 Å². The van der Waals surface area contributed by atoms with Crippen LogP contribution in [-0.4, -0.2) is 66.7 Å². The van der Waals surface area contributed by atoms with Crippen molar-refractivity contribution in [2.75, 3.05) is 6.54 Å². The number of aliphatic hydroxyl groups is 1. The van der Waals surface area contributed by atoms with Crippen LogP contribution in [0.5, 0.6) is 0 Å². The molecule has 0 saturated heterocycles. The van der Waals surface area contributed by atoms with E-state index >= 15 is 0 Å². The molecule has 0 bridgehead atoms. The van der Waals surface area contributed by atoms with E-state index in [0.29, 0.717) is 29.6 Å².